The summed E-state index contributed by atoms with van der Waals surface area (Å²) in [6.45, 7) is 3.84. The number of carboxylic acid groups (broad SMARTS) is 1. The topological polar surface area (TPSA) is 66.3 Å². The number of hydrogen-bond acceptors (Lipinski definition) is 6. The normalized spacial score (nSPS) is 15.9. The zero-order chi connectivity index (χ0) is 13.4. The number of carboxylic acids is 1. The van der Waals surface area contributed by atoms with Crippen molar-refractivity contribution in [3.8, 4) is 0 Å². The molecule has 0 saturated carbocycles. The van der Waals surface area contributed by atoms with Gasteiger partial charge in [-0.05, 0) is 6.92 Å². The van der Waals surface area contributed by atoms with Crippen LogP contribution in [0.4, 0.5) is 5.82 Å². The molecular weight excluding hydrogens is 282 g/mol. The fourth-order valence-corrected chi connectivity index (χ4v) is 3.87. The van der Waals surface area contributed by atoms with Gasteiger partial charge in [-0.25, -0.2) is 14.8 Å². The van der Waals surface area contributed by atoms with Crippen molar-refractivity contribution < 1.29 is 9.90 Å². The predicted molar refractivity (Wildman–Crippen MR) is 78.6 cm³/mol. The quantitative estimate of drug-likeness (QED) is 0.916. The number of hydrogen-bond donors (Lipinski definition) is 1. The van der Waals surface area contributed by atoms with Gasteiger partial charge in [-0.2, -0.15) is 11.8 Å². The molecule has 5 nitrogen and oxygen atoms in total. The average molecular weight is 295 g/mol. The Morgan fingerprint density at radius 2 is 2.11 bits per heavy atom. The third-order valence-corrected chi connectivity index (χ3v) is 4.96. The molecule has 3 heterocycles. The van der Waals surface area contributed by atoms with E-state index in [4.69, 9.17) is 5.11 Å². The van der Waals surface area contributed by atoms with Crippen LogP contribution in [-0.2, 0) is 0 Å². The van der Waals surface area contributed by atoms with Crippen LogP contribution in [0.25, 0.3) is 10.9 Å². The molecule has 0 radical (unpaired) electrons. The Balaban J connectivity index is 2.18. The summed E-state index contributed by atoms with van der Waals surface area (Å²) in [6.07, 6.45) is 0. The first kappa shape index (κ1) is 12.7. The molecule has 1 aliphatic heterocycles. The molecule has 0 aliphatic carbocycles. The molecule has 3 rings (SSSR count). The monoisotopic (exact) mass is 295 g/mol. The van der Waals surface area contributed by atoms with E-state index in [2.05, 4.69) is 14.9 Å². The smallest absolute Gasteiger partial charge is 0.374 e. The minimum atomic E-state index is -1.07. The van der Waals surface area contributed by atoms with Gasteiger partial charge >= 0.3 is 5.97 Å². The summed E-state index contributed by atoms with van der Waals surface area (Å²) in [7, 11) is 0. The highest BCUT2D eigenvalue weighted by Crippen LogP contribution is 2.32. The van der Waals surface area contributed by atoms with Crippen LogP contribution in [0.1, 0.15) is 15.5 Å². The highest BCUT2D eigenvalue weighted by Gasteiger charge is 2.21. The number of carbonyl (C=O) groups is 1. The Morgan fingerprint density at radius 1 is 1.37 bits per heavy atom. The van der Waals surface area contributed by atoms with Crippen LogP contribution in [-0.4, -0.2) is 45.6 Å². The van der Waals surface area contributed by atoms with Crippen LogP contribution in [0, 0.1) is 6.92 Å². The van der Waals surface area contributed by atoms with Crippen LogP contribution in [0.3, 0.4) is 0 Å². The molecular formula is C12H13N3O2S2. The average Bonchev–Trinajstić information content (AvgIpc) is 2.80. The molecule has 2 aromatic heterocycles. The summed E-state index contributed by atoms with van der Waals surface area (Å²) in [6, 6.07) is 0. The van der Waals surface area contributed by atoms with Crippen molar-refractivity contribution in [2.45, 2.75) is 6.92 Å². The van der Waals surface area contributed by atoms with Crippen LogP contribution in [0.5, 0.6) is 0 Å². The van der Waals surface area contributed by atoms with Crippen LogP contribution in [0.15, 0.2) is 5.38 Å². The molecule has 7 heteroatoms. The summed E-state index contributed by atoms with van der Waals surface area (Å²) >= 11 is 3.51. The molecule has 0 bridgehead atoms. The summed E-state index contributed by atoms with van der Waals surface area (Å²) in [5.41, 5.74) is 0.739. The summed E-state index contributed by atoms with van der Waals surface area (Å²) < 4.78 is 0. The molecule has 1 saturated heterocycles. The van der Waals surface area contributed by atoms with Gasteiger partial charge < -0.3 is 10.0 Å². The summed E-state index contributed by atoms with van der Waals surface area (Å²) in [4.78, 5) is 22.8. The van der Waals surface area contributed by atoms with Crippen molar-refractivity contribution in [2.75, 3.05) is 29.5 Å². The largest absolute Gasteiger partial charge is 0.475 e. The van der Waals surface area contributed by atoms with E-state index in [1.54, 1.807) is 11.3 Å². The number of aryl methyl sites for hydroxylation is 1. The van der Waals surface area contributed by atoms with E-state index in [1.807, 2.05) is 24.1 Å². The summed E-state index contributed by atoms with van der Waals surface area (Å²) in [5.74, 6) is 1.70. The van der Waals surface area contributed by atoms with Crippen molar-refractivity contribution in [3.05, 3.63) is 16.1 Å². The minimum absolute atomic E-state index is 0.112. The maximum Gasteiger partial charge on any atom is 0.374 e. The Bertz CT molecular complexity index is 635. The van der Waals surface area contributed by atoms with E-state index in [0.29, 0.717) is 0 Å². The van der Waals surface area contributed by atoms with Crippen LogP contribution < -0.4 is 4.90 Å². The van der Waals surface area contributed by atoms with Gasteiger partial charge in [-0.15, -0.1) is 11.3 Å². The molecule has 0 aromatic carbocycles. The molecule has 0 amide bonds. The van der Waals surface area contributed by atoms with Gasteiger partial charge in [0.25, 0.3) is 0 Å². The van der Waals surface area contributed by atoms with Crippen LogP contribution >= 0.6 is 23.1 Å². The standard InChI is InChI=1S/C12H13N3O2S2/c1-7-9-8(6-19-7)13-10(12(16)17)14-11(9)15-2-4-18-5-3-15/h6H,2-5H2,1H3,(H,16,17). The Labute approximate surface area is 118 Å². The van der Waals surface area contributed by atoms with Crippen molar-refractivity contribution >= 4 is 45.8 Å². The zero-order valence-corrected chi connectivity index (χ0v) is 12.1. The minimum Gasteiger partial charge on any atom is -0.475 e. The first-order valence-electron chi connectivity index (χ1n) is 5.98. The molecule has 2 aromatic rings. The third kappa shape index (κ3) is 2.28. The lowest BCUT2D eigenvalue weighted by atomic mass is 10.2. The number of thiophene rings is 1. The van der Waals surface area contributed by atoms with E-state index < -0.39 is 5.97 Å². The van der Waals surface area contributed by atoms with Gasteiger partial charge in [0, 0.05) is 34.9 Å². The van der Waals surface area contributed by atoms with Gasteiger partial charge in [-0.1, -0.05) is 0 Å². The lowest BCUT2D eigenvalue weighted by Crippen LogP contribution is -2.33. The number of rotatable bonds is 2. The van der Waals surface area contributed by atoms with Gasteiger partial charge in [0.2, 0.25) is 5.82 Å². The lowest BCUT2D eigenvalue weighted by molar-refractivity contribution is 0.0684. The molecule has 100 valence electrons. The highest BCUT2D eigenvalue weighted by molar-refractivity contribution is 7.99. The number of aromatic nitrogens is 2. The molecule has 1 N–H and O–H groups in total. The maximum atomic E-state index is 11.1. The Morgan fingerprint density at radius 3 is 2.79 bits per heavy atom. The number of nitrogens with zero attached hydrogens (tertiary/aromatic N) is 3. The SMILES string of the molecule is Cc1scc2nc(C(=O)O)nc(N3CCSCC3)c12. The molecule has 0 unspecified atom stereocenters. The van der Waals surface area contributed by atoms with E-state index >= 15 is 0 Å². The second-order valence-electron chi connectivity index (χ2n) is 4.33. The second kappa shape index (κ2) is 4.97. The zero-order valence-electron chi connectivity index (χ0n) is 10.4. The van der Waals surface area contributed by atoms with E-state index in [9.17, 15) is 4.79 Å². The highest BCUT2D eigenvalue weighted by atomic mass is 32.2. The van der Waals surface area contributed by atoms with Gasteiger partial charge in [0.1, 0.15) is 5.82 Å². The lowest BCUT2D eigenvalue weighted by Gasteiger charge is -2.28. The van der Waals surface area contributed by atoms with Gasteiger partial charge in [0.05, 0.1) is 10.9 Å². The third-order valence-electron chi connectivity index (χ3n) is 3.12. The number of thioether (sulfide) groups is 1. The fraction of sp³-hybridized carbons (Fsp3) is 0.417. The van der Waals surface area contributed by atoms with Crippen molar-refractivity contribution in [1.29, 1.82) is 0 Å². The molecule has 19 heavy (non-hydrogen) atoms. The number of aromatic carboxylic acids is 1. The fourth-order valence-electron chi connectivity index (χ4n) is 2.19. The Kier molecular flexibility index (Phi) is 3.32. The van der Waals surface area contributed by atoms with Gasteiger partial charge in [0.15, 0.2) is 0 Å². The summed E-state index contributed by atoms with van der Waals surface area (Å²) in [5, 5.41) is 12.0. The van der Waals surface area contributed by atoms with Crippen molar-refractivity contribution in [2.24, 2.45) is 0 Å². The van der Waals surface area contributed by atoms with Crippen molar-refractivity contribution in [1.82, 2.24) is 9.97 Å². The van der Waals surface area contributed by atoms with Crippen molar-refractivity contribution in [3.63, 3.8) is 0 Å². The second-order valence-corrected chi connectivity index (χ2v) is 6.64. The first-order chi connectivity index (χ1) is 9.16. The maximum absolute atomic E-state index is 11.1. The van der Waals surface area contributed by atoms with E-state index in [0.717, 1.165) is 46.2 Å². The Hall–Kier alpha value is -1.34. The number of anilines is 1. The molecule has 1 fully saturated rings. The molecule has 0 atom stereocenters. The van der Waals surface area contributed by atoms with Gasteiger partial charge in [-0.3, -0.25) is 0 Å². The predicted octanol–water partition coefficient (Wildman–Crippen LogP) is 2.25. The first-order valence-corrected chi connectivity index (χ1v) is 8.02. The van der Waals surface area contributed by atoms with E-state index in [-0.39, 0.29) is 5.82 Å². The number of fused-ring (bicyclic) bond motifs is 1. The molecule has 1 aliphatic rings. The van der Waals surface area contributed by atoms with Crippen LogP contribution in [0.2, 0.25) is 0 Å². The molecule has 0 spiro atoms. The van der Waals surface area contributed by atoms with E-state index in [1.165, 1.54) is 0 Å².